The first kappa shape index (κ1) is 16.4. The number of nitrogens with zero attached hydrogens (tertiary/aromatic N) is 4. The summed E-state index contributed by atoms with van der Waals surface area (Å²) in [6, 6.07) is 9.49. The van der Waals surface area contributed by atoms with Gasteiger partial charge in [-0.25, -0.2) is 9.97 Å². The first-order valence-electron chi connectivity index (χ1n) is 7.07. The summed E-state index contributed by atoms with van der Waals surface area (Å²) in [6.45, 7) is 0.804. The van der Waals surface area contributed by atoms with E-state index in [0.717, 1.165) is 11.3 Å². The number of hydrogen-bond donors (Lipinski definition) is 2. The number of nitrogens with one attached hydrogen (secondary N) is 2. The summed E-state index contributed by atoms with van der Waals surface area (Å²) in [6.07, 6.45) is 3.01. The Kier molecular flexibility index (Phi) is 5.61. The van der Waals surface area contributed by atoms with E-state index < -0.39 is 0 Å². The normalized spacial score (nSPS) is 10.2. The van der Waals surface area contributed by atoms with Crippen LogP contribution in [0.4, 0.5) is 11.5 Å². The Labute approximate surface area is 135 Å². The molecule has 2 N–H and O–H groups in total. The van der Waals surface area contributed by atoms with Crippen LogP contribution in [-0.2, 0) is 11.3 Å². The molecule has 1 aromatic heterocycles. The van der Waals surface area contributed by atoms with Crippen LogP contribution < -0.4 is 10.6 Å². The maximum atomic E-state index is 11.8. The Balaban J connectivity index is 2.00. The molecule has 0 fully saturated rings. The third-order valence-electron chi connectivity index (χ3n) is 2.93. The van der Waals surface area contributed by atoms with Gasteiger partial charge in [-0.1, -0.05) is 12.1 Å². The molecule has 1 aromatic carbocycles. The van der Waals surface area contributed by atoms with Gasteiger partial charge in [-0.05, 0) is 31.8 Å². The van der Waals surface area contributed by atoms with E-state index in [9.17, 15) is 4.79 Å². The molecule has 0 atom stereocenters. The van der Waals surface area contributed by atoms with Gasteiger partial charge in [0, 0.05) is 24.6 Å². The van der Waals surface area contributed by atoms with E-state index in [-0.39, 0.29) is 11.6 Å². The second kappa shape index (κ2) is 7.87. The van der Waals surface area contributed by atoms with E-state index in [1.807, 2.05) is 44.4 Å². The average molecular weight is 310 g/mol. The van der Waals surface area contributed by atoms with Gasteiger partial charge in [-0.2, -0.15) is 5.26 Å². The van der Waals surface area contributed by atoms with Crippen LogP contribution in [0, 0.1) is 11.3 Å². The molecule has 0 radical (unpaired) electrons. The van der Waals surface area contributed by atoms with Crippen molar-refractivity contribution in [2.75, 3.05) is 31.3 Å². The Bertz CT molecular complexity index is 723. The Morgan fingerprint density at radius 3 is 2.83 bits per heavy atom. The molecular formula is C16H18N6O. The van der Waals surface area contributed by atoms with E-state index in [1.165, 1.54) is 12.4 Å². The summed E-state index contributed by atoms with van der Waals surface area (Å²) in [4.78, 5) is 21.6. The molecule has 1 amide bonds. The molecule has 2 rings (SSSR count). The molecule has 2 aromatic rings. The van der Waals surface area contributed by atoms with Crippen LogP contribution >= 0.6 is 0 Å². The predicted octanol–water partition coefficient (Wildman–Crippen LogP) is 1.46. The SMILES string of the molecule is CN(C)CC(=O)Nc1cccc(CNc2nccnc2C#N)c1. The highest BCUT2D eigenvalue weighted by atomic mass is 16.2. The van der Waals surface area contributed by atoms with Crippen LogP contribution in [0.3, 0.4) is 0 Å². The molecule has 0 aliphatic rings. The number of carbonyl (C=O) groups is 1. The van der Waals surface area contributed by atoms with Crippen LogP contribution in [-0.4, -0.2) is 41.4 Å². The number of likely N-dealkylation sites (N-methyl/N-ethyl adjacent to an activating group) is 1. The summed E-state index contributed by atoms with van der Waals surface area (Å²) in [5.74, 6) is 0.373. The van der Waals surface area contributed by atoms with Gasteiger partial charge in [0.05, 0.1) is 6.54 Å². The van der Waals surface area contributed by atoms with Gasteiger partial charge in [0.15, 0.2) is 11.5 Å². The molecule has 0 saturated heterocycles. The van der Waals surface area contributed by atoms with Gasteiger partial charge < -0.3 is 15.5 Å². The van der Waals surface area contributed by atoms with Crippen LogP contribution in [0.1, 0.15) is 11.3 Å². The van der Waals surface area contributed by atoms with Crippen molar-refractivity contribution in [3.05, 3.63) is 47.9 Å². The quantitative estimate of drug-likeness (QED) is 0.839. The molecule has 118 valence electrons. The van der Waals surface area contributed by atoms with Crippen LogP contribution in [0.15, 0.2) is 36.7 Å². The van der Waals surface area contributed by atoms with Crippen LogP contribution in [0.25, 0.3) is 0 Å². The van der Waals surface area contributed by atoms with Crippen molar-refractivity contribution < 1.29 is 4.79 Å². The number of hydrogen-bond acceptors (Lipinski definition) is 6. The summed E-state index contributed by atoms with van der Waals surface area (Å²) in [7, 11) is 3.68. The largest absolute Gasteiger partial charge is 0.364 e. The van der Waals surface area contributed by atoms with Gasteiger partial charge in [-0.15, -0.1) is 0 Å². The second-order valence-electron chi connectivity index (χ2n) is 5.21. The Morgan fingerprint density at radius 1 is 1.30 bits per heavy atom. The van der Waals surface area contributed by atoms with Gasteiger partial charge in [0.2, 0.25) is 5.91 Å². The van der Waals surface area contributed by atoms with Crippen molar-refractivity contribution in [2.45, 2.75) is 6.54 Å². The predicted molar refractivity (Wildman–Crippen MR) is 87.7 cm³/mol. The maximum Gasteiger partial charge on any atom is 0.238 e. The van der Waals surface area contributed by atoms with Crippen molar-refractivity contribution in [1.82, 2.24) is 14.9 Å². The van der Waals surface area contributed by atoms with Crippen molar-refractivity contribution in [3.8, 4) is 6.07 Å². The molecule has 0 aliphatic carbocycles. The number of benzene rings is 1. The zero-order valence-corrected chi connectivity index (χ0v) is 13.1. The van der Waals surface area contributed by atoms with Gasteiger partial charge in [-0.3, -0.25) is 4.79 Å². The first-order valence-corrected chi connectivity index (χ1v) is 7.07. The number of aromatic nitrogens is 2. The molecule has 23 heavy (non-hydrogen) atoms. The summed E-state index contributed by atoms with van der Waals surface area (Å²) in [5, 5.41) is 14.9. The molecule has 1 heterocycles. The fraction of sp³-hybridized carbons (Fsp3) is 0.250. The minimum Gasteiger partial charge on any atom is -0.364 e. The highest BCUT2D eigenvalue weighted by Gasteiger charge is 2.06. The average Bonchev–Trinajstić information content (AvgIpc) is 2.52. The smallest absolute Gasteiger partial charge is 0.238 e. The lowest BCUT2D eigenvalue weighted by Crippen LogP contribution is -2.27. The third-order valence-corrected chi connectivity index (χ3v) is 2.93. The highest BCUT2D eigenvalue weighted by Crippen LogP contribution is 2.13. The second-order valence-corrected chi connectivity index (χ2v) is 5.21. The highest BCUT2D eigenvalue weighted by molar-refractivity contribution is 5.92. The Morgan fingerprint density at radius 2 is 2.09 bits per heavy atom. The van der Waals surface area contributed by atoms with Crippen molar-refractivity contribution in [3.63, 3.8) is 0 Å². The number of amides is 1. The molecule has 7 nitrogen and oxygen atoms in total. The number of carbonyl (C=O) groups excluding carboxylic acids is 1. The van der Waals surface area contributed by atoms with Crippen molar-refractivity contribution in [2.24, 2.45) is 0 Å². The molecule has 0 spiro atoms. The molecule has 0 bridgehead atoms. The zero-order chi connectivity index (χ0) is 16.7. The fourth-order valence-corrected chi connectivity index (χ4v) is 1.98. The van der Waals surface area contributed by atoms with Gasteiger partial charge in [0.1, 0.15) is 6.07 Å². The monoisotopic (exact) mass is 310 g/mol. The minimum absolute atomic E-state index is 0.0687. The standard InChI is InChI=1S/C16H18N6O/c1-22(2)11-15(23)21-13-5-3-4-12(8-13)10-20-16-14(9-17)18-6-7-19-16/h3-8H,10-11H2,1-2H3,(H,19,20)(H,21,23). The zero-order valence-electron chi connectivity index (χ0n) is 13.1. The van der Waals surface area contributed by atoms with Gasteiger partial charge in [0.25, 0.3) is 0 Å². The van der Waals surface area contributed by atoms with E-state index in [2.05, 4.69) is 20.6 Å². The van der Waals surface area contributed by atoms with E-state index >= 15 is 0 Å². The van der Waals surface area contributed by atoms with E-state index in [1.54, 1.807) is 4.90 Å². The summed E-state index contributed by atoms with van der Waals surface area (Å²) in [5.41, 5.74) is 1.95. The van der Waals surface area contributed by atoms with Crippen LogP contribution in [0.2, 0.25) is 0 Å². The fourth-order valence-electron chi connectivity index (χ4n) is 1.98. The molecule has 7 heteroatoms. The van der Waals surface area contributed by atoms with Crippen molar-refractivity contribution in [1.29, 1.82) is 5.26 Å². The molecule has 0 unspecified atom stereocenters. The third kappa shape index (κ3) is 5.05. The number of anilines is 2. The molecule has 0 aliphatic heterocycles. The Hall–Kier alpha value is -2.98. The van der Waals surface area contributed by atoms with E-state index in [0.29, 0.717) is 18.9 Å². The lowest BCUT2D eigenvalue weighted by Gasteiger charge is -2.11. The van der Waals surface area contributed by atoms with E-state index in [4.69, 9.17) is 5.26 Å². The number of rotatable bonds is 6. The summed E-state index contributed by atoms with van der Waals surface area (Å²) < 4.78 is 0. The maximum absolute atomic E-state index is 11.8. The lowest BCUT2D eigenvalue weighted by atomic mass is 10.2. The summed E-state index contributed by atoms with van der Waals surface area (Å²) >= 11 is 0. The van der Waals surface area contributed by atoms with Crippen molar-refractivity contribution >= 4 is 17.4 Å². The molecular weight excluding hydrogens is 292 g/mol. The lowest BCUT2D eigenvalue weighted by molar-refractivity contribution is -0.116. The minimum atomic E-state index is -0.0687. The van der Waals surface area contributed by atoms with Crippen LogP contribution in [0.5, 0.6) is 0 Å². The molecule has 0 saturated carbocycles. The topological polar surface area (TPSA) is 93.9 Å². The number of nitriles is 1. The van der Waals surface area contributed by atoms with Gasteiger partial charge >= 0.3 is 0 Å². The first-order chi connectivity index (χ1) is 11.1.